The van der Waals surface area contributed by atoms with Crippen molar-refractivity contribution in [3.63, 3.8) is 0 Å². The number of hydrogen-bond acceptors (Lipinski definition) is 3. The first-order valence-corrected chi connectivity index (χ1v) is 3.53. The van der Waals surface area contributed by atoms with Crippen LogP contribution in [-0.4, -0.2) is 11.2 Å². The normalized spacial score (nSPS) is 10.9. The molecule has 0 N–H and O–H groups in total. The fourth-order valence-corrected chi connectivity index (χ4v) is 0.906. The van der Waals surface area contributed by atoms with Gasteiger partial charge in [0.25, 0.3) is 5.70 Å². The zero-order valence-electron chi connectivity index (χ0n) is 6.64. The molecule has 0 fully saturated rings. The van der Waals surface area contributed by atoms with E-state index in [2.05, 4.69) is 0 Å². The Labute approximate surface area is 74.7 Å². The number of nitro groups is 1. The molecule has 4 nitrogen and oxygen atoms in total. The lowest BCUT2D eigenvalue weighted by atomic mass is 10.1. The van der Waals surface area contributed by atoms with E-state index in [4.69, 9.17) is 0 Å². The summed E-state index contributed by atoms with van der Waals surface area (Å²) in [6.45, 7) is 0. The summed E-state index contributed by atoms with van der Waals surface area (Å²) in [4.78, 5) is 19.8. The number of hydrogen-bond donors (Lipinski definition) is 0. The molecule has 1 rings (SSSR count). The van der Waals surface area contributed by atoms with E-state index in [0.29, 0.717) is 5.56 Å². The van der Waals surface area contributed by atoms with E-state index in [9.17, 15) is 14.9 Å². The predicted octanol–water partition coefficient (Wildman–Crippen LogP) is 1.41. The maximum atomic E-state index is 10.4. The van der Waals surface area contributed by atoms with Crippen molar-refractivity contribution in [3.05, 3.63) is 52.1 Å². The molecule has 4 heteroatoms. The van der Waals surface area contributed by atoms with Gasteiger partial charge in [0.1, 0.15) is 0 Å². The van der Waals surface area contributed by atoms with Gasteiger partial charge < -0.3 is 0 Å². The molecule has 65 valence electrons. The van der Waals surface area contributed by atoms with Crippen molar-refractivity contribution < 1.29 is 9.72 Å². The van der Waals surface area contributed by atoms with E-state index in [0.717, 1.165) is 6.08 Å². The molecular weight excluding hydrogens is 170 g/mol. The van der Waals surface area contributed by atoms with Gasteiger partial charge in [-0.2, -0.15) is 0 Å². The molecule has 0 heterocycles. The molecule has 0 aliphatic heterocycles. The third-order valence-electron chi connectivity index (χ3n) is 1.46. The predicted molar refractivity (Wildman–Crippen MR) is 47.1 cm³/mol. The summed E-state index contributed by atoms with van der Waals surface area (Å²) in [5.41, 5.74) is 0.159. The Kier molecular flexibility index (Phi) is 2.92. The largest absolute Gasteiger partial charge is 0.285 e. The Morgan fingerprint density at radius 2 is 2.00 bits per heavy atom. The van der Waals surface area contributed by atoms with Crippen molar-refractivity contribution in [1.29, 1.82) is 0 Å². The molecule has 1 radical (unpaired) electrons. The lowest BCUT2D eigenvalue weighted by Gasteiger charge is -1.95. The maximum Gasteiger partial charge on any atom is 0.280 e. The molecular formula is C9H6NO3. The molecule has 1 aromatic rings. The second-order valence-electron chi connectivity index (χ2n) is 2.27. The van der Waals surface area contributed by atoms with Crippen molar-refractivity contribution in [2.75, 3.05) is 0 Å². The van der Waals surface area contributed by atoms with E-state index < -0.39 is 4.92 Å². The van der Waals surface area contributed by atoms with Crippen molar-refractivity contribution in [3.8, 4) is 0 Å². The van der Waals surface area contributed by atoms with Crippen LogP contribution >= 0.6 is 0 Å². The Morgan fingerprint density at radius 3 is 2.46 bits per heavy atom. The molecule has 0 aromatic heterocycles. The summed E-state index contributed by atoms with van der Waals surface area (Å²) < 4.78 is 0. The van der Waals surface area contributed by atoms with Crippen LogP contribution in [0.5, 0.6) is 0 Å². The highest BCUT2D eigenvalue weighted by Crippen LogP contribution is 2.12. The van der Waals surface area contributed by atoms with Crippen LogP contribution in [-0.2, 0) is 4.79 Å². The van der Waals surface area contributed by atoms with Crippen molar-refractivity contribution in [2.24, 2.45) is 0 Å². The average molecular weight is 176 g/mol. The molecule has 1 aromatic carbocycles. The molecule has 0 bridgehead atoms. The Hall–Kier alpha value is -1.97. The highest BCUT2D eigenvalue weighted by atomic mass is 16.6. The maximum absolute atomic E-state index is 10.4. The first-order valence-electron chi connectivity index (χ1n) is 3.53. The van der Waals surface area contributed by atoms with Gasteiger partial charge >= 0.3 is 0 Å². The number of allylic oxidation sites excluding steroid dienone is 1. The molecule has 0 saturated carbocycles. The highest BCUT2D eigenvalue weighted by Gasteiger charge is 2.12. The van der Waals surface area contributed by atoms with Crippen LogP contribution in [0.3, 0.4) is 0 Å². The zero-order chi connectivity index (χ0) is 9.68. The summed E-state index contributed by atoms with van der Waals surface area (Å²) in [5.74, 6) is 0. The molecule has 0 aliphatic carbocycles. The quantitative estimate of drug-likeness (QED) is 0.397. The van der Waals surface area contributed by atoms with Crippen LogP contribution in [0, 0.1) is 10.1 Å². The smallest absolute Gasteiger partial charge is 0.280 e. The van der Waals surface area contributed by atoms with Crippen LogP contribution in [0.1, 0.15) is 5.56 Å². The Morgan fingerprint density at radius 1 is 1.38 bits per heavy atom. The van der Waals surface area contributed by atoms with Gasteiger partial charge in [-0.3, -0.25) is 14.9 Å². The Bertz CT molecular complexity index is 343. The summed E-state index contributed by atoms with van der Waals surface area (Å²) in [7, 11) is 0. The minimum Gasteiger partial charge on any atom is -0.285 e. The van der Waals surface area contributed by atoms with Gasteiger partial charge in [0.15, 0.2) is 0 Å². The molecule has 0 unspecified atom stereocenters. The summed E-state index contributed by atoms with van der Waals surface area (Å²) in [6.07, 6.45) is 2.21. The summed E-state index contributed by atoms with van der Waals surface area (Å²) >= 11 is 0. The highest BCUT2D eigenvalue weighted by molar-refractivity contribution is 5.78. The molecule has 0 saturated heterocycles. The van der Waals surface area contributed by atoms with Gasteiger partial charge in [0, 0.05) is 0 Å². The Balaban J connectivity index is 3.10. The third kappa shape index (κ3) is 2.23. The summed E-state index contributed by atoms with van der Waals surface area (Å²) in [5, 5.41) is 10.4. The molecule has 0 aliphatic rings. The van der Waals surface area contributed by atoms with Gasteiger partial charge in [-0.05, 0) is 12.1 Å². The van der Waals surface area contributed by atoms with Crippen LogP contribution in [0.2, 0.25) is 0 Å². The fourth-order valence-electron chi connectivity index (χ4n) is 0.906. The van der Waals surface area contributed by atoms with Crippen molar-refractivity contribution in [1.82, 2.24) is 0 Å². The molecule has 0 amide bonds. The number of carbonyl (C=O) groups excluding carboxylic acids is 1. The van der Waals surface area contributed by atoms with Gasteiger partial charge in [0.2, 0.25) is 6.29 Å². The van der Waals surface area contributed by atoms with E-state index in [1.165, 1.54) is 6.29 Å². The van der Waals surface area contributed by atoms with E-state index >= 15 is 0 Å². The van der Waals surface area contributed by atoms with E-state index in [1.807, 2.05) is 0 Å². The van der Waals surface area contributed by atoms with Gasteiger partial charge in [-0.25, -0.2) is 0 Å². The molecule has 0 atom stereocenters. The first kappa shape index (κ1) is 9.12. The third-order valence-corrected chi connectivity index (χ3v) is 1.46. The molecule has 0 spiro atoms. The van der Waals surface area contributed by atoms with Crippen LogP contribution in [0.15, 0.2) is 36.4 Å². The number of rotatable bonds is 3. The standard InChI is InChI=1S/C9H6NO3/c11-7-6-9(10(12)13)8-4-2-1-3-5-8/h1-6H. The topological polar surface area (TPSA) is 60.2 Å². The number of benzene rings is 1. The minimum absolute atomic E-state index is 0.240. The van der Waals surface area contributed by atoms with Crippen molar-refractivity contribution in [2.45, 2.75) is 0 Å². The van der Waals surface area contributed by atoms with Gasteiger partial charge in [-0.1, -0.05) is 18.2 Å². The average Bonchev–Trinajstić information content (AvgIpc) is 2.15. The van der Waals surface area contributed by atoms with E-state index in [1.54, 1.807) is 30.3 Å². The summed E-state index contributed by atoms with van der Waals surface area (Å²) in [6, 6.07) is 8.19. The van der Waals surface area contributed by atoms with Gasteiger partial charge in [-0.15, -0.1) is 0 Å². The monoisotopic (exact) mass is 176 g/mol. The fraction of sp³-hybridized carbons (Fsp3) is 0. The first-order chi connectivity index (χ1) is 6.25. The second-order valence-corrected chi connectivity index (χ2v) is 2.27. The number of nitrogens with zero attached hydrogens (tertiary/aromatic N) is 1. The van der Waals surface area contributed by atoms with Crippen LogP contribution in [0.25, 0.3) is 5.70 Å². The minimum atomic E-state index is -0.611. The lowest BCUT2D eigenvalue weighted by Crippen LogP contribution is -1.97. The second kappa shape index (κ2) is 4.15. The van der Waals surface area contributed by atoms with E-state index in [-0.39, 0.29) is 5.70 Å². The van der Waals surface area contributed by atoms with Crippen LogP contribution < -0.4 is 0 Å². The van der Waals surface area contributed by atoms with Crippen molar-refractivity contribution >= 4 is 12.0 Å². The SMILES string of the molecule is O=[C]C=C(c1ccccc1)[N+](=O)[O-]. The zero-order valence-corrected chi connectivity index (χ0v) is 6.64. The van der Waals surface area contributed by atoms with Gasteiger partial charge in [0.05, 0.1) is 16.6 Å². The molecule has 13 heavy (non-hydrogen) atoms. The van der Waals surface area contributed by atoms with Crippen LogP contribution in [0.4, 0.5) is 0 Å². The lowest BCUT2D eigenvalue weighted by molar-refractivity contribution is -0.375.